The third-order valence-electron chi connectivity index (χ3n) is 2.21. The van der Waals surface area contributed by atoms with E-state index >= 15 is 0 Å². The van der Waals surface area contributed by atoms with Crippen LogP contribution in [0, 0.1) is 0 Å². The molecule has 6 nitrogen and oxygen atoms in total. The van der Waals surface area contributed by atoms with Gasteiger partial charge in [0.2, 0.25) is 5.91 Å². The summed E-state index contributed by atoms with van der Waals surface area (Å²) >= 11 is 0. The topological polar surface area (TPSA) is 80.8 Å². The lowest BCUT2D eigenvalue weighted by atomic mass is 10.3. The Morgan fingerprint density at radius 2 is 1.82 bits per heavy atom. The maximum Gasteiger partial charge on any atom is 0.305 e. The second-order valence-corrected chi connectivity index (χ2v) is 6.13. The Labute approximate surface area is 102 Å². The van der Waals surface area contributed by atoms with Crippen molar-refractivity contribution in [3.63, 3.8) is 0 Å². The number of carbonyl (C=O) groups excluding carboxylic acids is 2. The van der Waals surface area contributed by atoms with E-state index in [1.54, 1.807) is 7.05 Å². The molecule has 0 aliphatic carbocycles. The van der Waals surface area contributed by atoms with E-state index in [4.69, 9.17) is 0 Å². The Kier molecular flexibility index (Phi) is 6.79. The summed E-state index contributed by atoms with van der Waals surface area (Å²) in [5.41, 5.74) is 0. The first-order valence-electron chi connectivity index (χ1n) is 5.25. The summed E-state index contributed by atoms with van der Waals surface area (Å²) in [6.07, 6.45) is 1.83. The number of ether oxygens (including phenoxy) is 1. The van der Waals surface area contributed by atoms with Crippen molar-refractivity contribution in [3.8, 4) is 0 Å². The minimum Gasteiger partial charge on any atom is -0.469 e. The van der Waals surface area contributed by atoms with Crippen LogP contribution < -0.4 is 0 Å². The second kappa shape index (κ2) is 7.26. The largest absolute Gasteiger partial charge is 0.469 e. The molecule has 0 atom stereocenters. The van der Waals surface area contributed by atoms with Crippen LogP contribution in [0.3, 0.4) is 0 Å². The summed E-state index contributed by atoms with van der Waals surface area (Å²) in [7, 11) is -0.218. The first-order chi connectivity index (χ1) is 7.76. The molecule has 0 aliphatic rings. The maximum atomic E-state index is 11.5. The molecule has 17 heavy (non-hydrogen) atoms. The molecule has 0 N–H and O–H groups in total. The van der Waals surface area contributed by atoms with Crippen molar-refractivity contribution in [3.05, 3.63) is 0 Å². The van der Waals surface area contributed by atoms with Crippen LogP contribution in [0.2, 0.25) is 0 Å². The standard InChI is InChI=1S/C10H19NO5S/c1-11(7-4-5-10(13)16-2)9(12)6-8-17(3,14)15/h4-8H2,1-3H3. The Hall–Kier alpha value is -1.11. The molecular formula is C10H19NO5S. The lowest BCUT2D eigenvalue weighted by Crippen LogP contribution is -2.29. The van der Waals surface area contributed by atoms with E-state index in [1.165, 1.54) is 12.0 Å². The lowest BCUT2D eigenvalue weighted by molar-refractivity contribution is -0.141. The molecular weight excluding hydrogens is 246 g/mol. The third kappa shape index (κ3) is 8.67. The van der Waals surface area contributed by atoms with Gasteiger partial charge in [0.1, 0.15) is 9.84 Å². The van der Waals surface area contributed by atoms with Crippen molar-refractivity contribution in [1.82, 2.24) is 4.90 Å². The van der Waals surface area contributed by atoms with Gasteiger partial charge >= 0.3 is 5.97 Å². The summed E-state index contributed by atoms with van der Waals surface area (Å²) in [5.74, 6) is -0.699. The zero-order valence-electron chi connectivity index (χ0n) is 10.4. The second-order valence-electron chi connectivity index (χ2n) is 3.87. The van der Waals surface area contributed by atoms with Gasteiger partial charge in [-0.3, -0.25) is 9.59 Å². The number of carbonyl (C=O) groups is 2. The van der Waals surface area contributed by atoms with Crippen LogP contribution in [0.15, 0.2) is 0 Å². The maximum absolute atomic E-state index is 11.5. The third-order valence-corrected chi connectivity index (χ3v) is 3.16. The molecule has 0 fully saturated rings. The van der Waals surface area contributed by atoms with E-state index < -0.39 is 9.84 Å². The Bertz CT molecular complexity index is 363. The van der Waals surface area contributed by atoms with Gasteiger partial charge in [0, 0.05) is 32.7 Å². The predicted molar refractivity (Wildman–Crippen MR) is 63.2 cm³/mol. The Morgan fingerprint density at radius 3 is 2.29 bits per heavy atom. The van der Waals surface area contributed by atoms with Gasteiger partial charge in [-0.25, -0.2) is 8.42 Å². The van der Waals surface area contributed by atoms with E-state index in [0.29, 0.717) is 13.0 Å². The van der Waals surface area contributed by atoms with Gasteiger partial charge in [0.05, 0.1) is 12.9 Å². The quantitative estimate of drug-likeness (QED) is 0.597. The van der Waals surface area contributed by atoms with E-state index in [9.17, 15) is 18.0 Å². The van der Waals surface area contributed by atoms with Gasteiger partial charge < -0.3 is 9.64 Å². The molecule has 0 bridgehead atoms. The molecule has 1 amide bonds. The zero-order valence-corrected chi connectivity index (χ0v) is 11.2. The summed E-state index contributed by atoms with van der Waals surface area (Å²) in [6.45, 7) is 0.414. The van der Waals surface area contributed by atoms with Crippen LogP contribution in [0.4, 0.5) is 0 Å². The van der Waals surface area contributed by atoms with Gasteiger partial charge in [-0.2, -0.15) is 0 Å². The molecule has 0 aliphatic heterocycles. The van der Waals surface area contributed by atoms with Crippen LogP contribution in [0.25, 0.3) is 0 Å². The number of hydrogen-bond acceptors (Lipinski definition) is 5. The number of esters is 1. The monoisotopic (exact) mass is 265 g/mol. The highest BCUT2D eigenvalue weighted by atomic mass is 32.2. The molecule has 0 aromatic rings. The number of amides is 1. The number of hydrogen-bond donors (Lipinski definition) is 0. The van der Waals surface area contributed by atoms with Gasteiger partial charge in [-0.15, -0.1) is 0 Å². The highest BCUT2D eigenvalue weighted by Gasteiger charge is 2.12. The highest BCUT2D eigenvalue weighted by Crippen LogP contribution is 1.99. The van der Waals surface area contributed by atoms with Crippen LogP contribution in [0.1, 0.15) is 19.3 Å². The van der Waals surface area contributed by atoms with Crippen molar-refractivity contribution in [2.75, 3.05) is 32.7 Å². The van der Waals surface area contributed by atoms with E-state index in [1.807, 2.05) is 0 Å². The Balaban J connectivity index is 3.86. The van der Waals surface area contributed by atoms with Crippen LogP contribution in [-0.4, -0.2) is 57.9 Å². The minimum atomic E-state index is -3.11. The molecule has 0 saturated heterocycles. The van der Waals surface area contributed by atoms with Crippen LogP contribution in [-0.2, 0) is 24.2 Å². The SMILES string of the molecule is COC(=O)CCCN(C)C(=O)CCS(C)(=O)=O. The van der Waals surface area contributed by atoms with Gasteiger partial charge in [0.15, 0.2) is 0 Å². The number of sulfone groups is 1. The molecule has 0 unspecified atom stereocenters. The van der Waals surface area contributed by atoms with Crippen molar-refractivity contribution in [1.29, 1.82) is 0 Å². The van der Waals surface area contributed by atoms with E-state index in [2.05, 4.69) is 4.74 Å². The fourth-order valence-electron chi connectivity index (χ4n) is 1.15. The van der Waals surface area contributed by atoms with Crippen molar-refractivity contribution in [2.45, 2.75) is 19.3 Å². The van der Waals surface area contributed by atoms with Gasteiger partial charge in [-0.05, 0) is 6.42 Å². The molecule has 0 radical (unpaired) electrons. The van der Waals surface area contributed by atoms with Crippen LogP contribution in [0.5, 0.6) is 0 Å². The van der Waals surface area contributed by atoms with E-state index in [-0.39, 0.29) is 30.5 Å². The average Bonchev–Trinajstić information content (AvgIpc) is 2.24. The summed E-state index contributed by atoms with van der Waals surface area (Å²) in [6, 6.07) is 0. The van der Waals surface area contributed by atoms with Crippen molar-refractivity contribution < 1.29 is 22.7 Å². The summed E-state index contributed by atoms with van der Waals surface area (Å²) < 4.78 is 26.2. The van der Waals surface area contributed by atoms with Crippen LogP contribution >= 0.6 is 0 Å². The molecule has 0 heterocycles. The first-order valence-corrected chi connectivity index (χ1v) is 7.31. The van der Waals surface area contributed by atoms with E-state index in [0.717, 1.165) is 6.26 Å². The molecule has 0 aromatic heterocycles. The summed E-state index contributed by atoms with van der Waals surface area (Å²) in [5, 5.41) is 0. The molecule has 0 saturated carbocycles. The Morgan fingerprint density at radius 1 is 1.24 bits per heavy atom. The normalized spacial score (nSPS) is 11.0. The fraction of sp³-hybridized carbons (Fsp3) is 0.800. The summed E-state index contributed by atoms with van der Waals surface area (Å²) in [4.78, 5) is 23.7. The zero-order chi connectivity index (χ0) is 13.5. The van der Waals surface area contributed by atoms with Gasteiger partial charge in [-0.1, -0.05) is 0 Å². The minimum absolute atomic E-state index is 0.0203. The molecule has 7 heteroatoms. The highest BCUT2D eigenvalue weighted by molar-refractivity contribution is 7.90. The number of rotatable bonds is 7. The molecule has 0 spiro atoms. The number of methoxy groups -OCH3 is 1. The predicted octanol–water partition coefficient (Wildman–Crippen LogP) is -0.167. The number of nitrogens with zero attached hydrogens (tertiary/aromatic N) is 1. The molecule has 100 valence electrons. The van der Waals surface area contributed by atoms with Crippen molar-refractivity contribution >= 4 is 21.7 Å². The fourth-order valence-corrected chi connectivity index (χ4v) is 1.70. The van der Waals surface area contributed by atoms with Crippen molar-refractivity contribution in [2.24, 2.45) is 0 Å². The molecule has 0 aromatic carbocycles. The molecule has 0 rings (SSSR count). The smallest absolute Gasteiger partial charge is 0.305 e. The lowest BCUT2D eigenvalue weighted by Gasteiger charge is -2.16. The first kappa shape index (κ1) is 15.9. The van der Waals surface area contributed by atoms with Gasteiger partial charge in [0.25, 0.3) is 0 Å². The average molecular weight is 265 g/mol.